The van der Waals surface area contributed by atoms with Crippen LogP contribution in [0.15, 0.2) is 0 Å². The topological polar surface area (TPSA) is 27.7 Å². The molecule has 4 nitrogen and oxygen atoms in total. The fourth-order valence-electron chi connectivity index (χ4n) is 3.00. The molecule has 2 aliphatic heterocycles. The monoisotopic (exact) mass is 271 g/mol. The molecule has 2 fully saturated rings. The fraction of sp³-hybridized carbons (Fsp3) is 0.923. The van der Waals surface area contributed by atoms with Crippen molar-refractivity contribution in [2.75, 3.05) is 39.9 Å². The van der Waals surface area contributed by atoms with Gasteiger partial charge in [-0.25, -0.2) is 0 Å². The Labute approximate surface area is 116 Å². The predicted molar refractivity (Wildman–Crippen MR) is 77.9 cm³/mol. The summed E-state index contributed by atoms with van der Waals surface area (Å²) in [5, 5.41) is 4.19. The Hall–Kier alpha value is -0.390. The normalized spacial score (nSPS) is 28.9. The van der Waals surface area contributed by atoms with Gasteiger partial charge < -0.3 is 15.0 Å². The zero-order valence-electron chi connectivity index (χ0n) is 11.5. The molecule has 104 valence electrons. The summed E-state index contributed by atoms with van der Waals surface area (Å²) in [6, 6.07) is 1.22. The minimum atomic E-state index is 0.516. The molecule has 5 heteroatoms. The van der Waals surface area contributed by atoms with E-state index in [4.69, 9.17) is 17.0 Å². The summed E-state index contributed by atoms with van der Waals surface area (Å²) >= 11 is 5.50. The van der Waals surface area contributed by atoms with E-state index in [9.17, 15) is 0 Å². The van der Waals surface area contributed by atoms with Gasteiger partial charge >= 0.3 is 0 Å². The molecule has 18 heavy (non-hydrogen) atoms. The standard InChI is InChI=1S/C13H25N3OS/c1-11-9-15-7-4-3-5-12(15)10-16(11)13(18)14-6-8-17-2/h11-12H,3-10H2,1-2H3,(H,14,18). The minimum absolute atomic E-state index is 0.516. The average molecular weight is 271 g/mol. The Morgan fingerprint density at radius 2 is 2.22 bits per heavy atom. The molecule has 2 heterocycles. The second kappa shape index (κ2) is 6.68. The molecular formula is C13H25N3OS. The lowest BCUT2D eigenvalue weighted by Gasteiger charge is -2.48. The molecule has 0 bridgehead atoms. The van der Waals surface area contributed by atoms with Gasteiger partial charge in [-0.2, -0.15) is 0 Å². The van der Waals surface area contributed by atoms with Gasteiger partial charge in [0.1, 0.15) is 0 Å². The van der Waals surface area contributed by atoms with E-state index in [1.807, 2.05) is 0 Å². The van der Waals surface area contributed by atoms with Crippen LogP contribution in [-0.2, 0) is 4.74 Å². The number of fused-ring (bicyclic) bond motifs is 1. The number of ether oxygens (including phenoxy) is 1. The number of nitrogens with zero attached hydrogens (tertiary/aromatic N) is 2. The second-order valence-corrected chi connectivity index (χ2v) is 5.76. The Morgan fingerprint density at radius 3 is 3.00 bits per heavy atom. The van der Waals surface area contributed by atoms with E-state index < -0.39 is 0 Å². The van der Waals surface area contributed by atoms with Gasteiger partial charge in [0, 0.05) is 38.8 Å². The maximum absolute atomic E-state index is 5.50. The van der Waals surface area contributed by atoms with Crippen molar-refractivity contribution in [2.24, 2.45) is 0 Å². The maximum atomic E-state index is 5.50. The first-order chi connectivity index (χ1) is 8.72. The first-order valence-electron chi connectivity index (χ1n) is 7.00. The second-order valence-electron chi connectivity index (χ2n) is 5.37. The zero-order chi connectivity index (χ0) is 13.0. The van der Waals surface area contributed by atoms with Gasteiger partial charge in [-0.05, 0) is 38.5 Å². The summed E-state index contributed by atoms with van der Waals surface area (Å²) in [4.78, 5) is 5.00. The van der Waals surface area contributed by atoms with Gasteiger partial charge in [-0.3, -0.25) is 4.90 Å². The van der Waals surface area contributed by atoms with Crippen LogP contribution in [0.25, 0.3) is 0 Å². The van der Waals surface area contributed by atoms with Crippen LogP contribution in [0.5, 0.6) is 0 Å². The summed E-state index contributed by atoms with van der Waals surface area (Å²) in [6.07, 6.45) is 4.05. The van der Waals surface area contributed by atoms with Crippen molar-refractivity contribution >= 4 is 17.3 Å². The summed E-state index contributed by atoms with van der Waals surface area (Å²) in [6.45, 7) is 7.28. The lowest BCUT2D eigenvalue weighted by Crippen LogP contribution is -2.61. The van der Waals surface area contributed by atoms with Crippen molar-refractivity contribution < 1.29 is 4.74 Å². The van der Waals surface area contributed by atoms with Crippen molar-refractivity contribution in [2.45, 2.75) is 38.3 Å². The van der Waals surface area contributed by atoms with Crippen molar-refractivity contribution in [3.05, 3.63) is 0 Å². The Balaban J connectivity index is 1.86. The third kappa shape index (κ3) is 3.33. The van der Waals surface area contributed by atoms with Gasteiger partial charge in [0.25, 0.3) is 0 Å². The van der Waals surface area contributed by atoms with E-state index in [1.165, 1.54) is 25.8 Å². The van der Waals surface area contributed by atoms with Gasteiger partial charge in [-0.15, -0.1) is 0 Å². The molecule has 2 saturated heterocycles. The molecule has 0 aromatic rings. The molecule has 2 unspecified atom stereocenters. The molecule has 0 saturated carbocycles. The number of thiocarbonyl (C=S) groups is 1. The largest absolute Gasteiger partial charge is 0.383 e. The van der Waals surface area contributed by atoms with Crippen LogP contribution in [0, 0.1) is 0 Å². The molecule has 0 amide bonds. The Kier molecular flexibility index (Phi) is 5.21. The average Bonchev–Trinajstić information content (AvgIpc) is 2.38. The highest BCUT2D eigenvalue weighted by Crippen LogP contribution is 2.23. The number of piperazine rings is 1. The third-order valence-corrected chi connectivity index (χ3v) is 4.41. The molecule has 0 radical (unpaired) electrons. The molecule has 2 atom stereocenters. The number of nitrogens with one attached hydrogen (secondary N) is 1. The number of piperidine rings is 1. The lowest BCUT2D eigenvalue weighted by molar-refractivity contribution is 0.0497. The lowest BCUT2D eigenvalue weighted by atomic mass is 9.97. The number of hydrogen-bond acceptors (Lipinski definition) is 3. The van der Waals surface area contributed by atoms with Gasteiger partial charge in [0.05, 0.1) is 6.61 Å². The Bertz CT molecular complexity index is 287. The van der Waals surface area contributed by atoms with Gasteiger partial charge in [0.2, 0.25) is 0 Å². The van der Waals surface area contributed by atoms with Crippen LogP contribution in [0.4, 0.5) is 0 Å². The molecule has 1 N–H and O–H groups in total. The van der Waals surface area contributed by atoms with Crippen LogP contribution in [0.2, 0.25) is 0 Å². The van der Waals surface area contributed by atoms with Crippen molar-refractivity contribution in [3.8, 4) is 0 Å². The van der Waals surface area contributed by atoms with Crippen LogP contribution < -0.4 is 5.32 Å². The van der Waals surface area contributed by atoms with E-state index in [0.717, 1.165) is 24.7 Å². The predicted octanol–water partition coefficient (Wildman–Crippen LogP) is 1.07. The highest BCUT2D eigenvalue weighted by molar-refractivity contribution is 7.80. The fourth-order valence-corrected chi connectivity index (χ4v) is 3.35. The molecule has 0 aromatic heterocycles. The molecule has 0 spiro atoms. The van der Waals surface area contributed by atoms with E-state index in [2.05, 4.69) is 22.0 Å². The SMILES string of the molecule is COCCNC(=S)N1CC2CCCCN2CC1C. The Morgan fingerprint density at radius 1 is 1.39 bits per heavy atom. The zero-order valence-corrected chi connectivity index (χ0v) is 12.3. The van der Waals surface area contributed by atoms with Crippen LogP contribution in [-0.4, -0.2) is 66.9 Å². The van der Waals surface area contributed by atoms with E-state index in [0.29, 0.717) is 18.7 Å². The first kappa shape index (κ1) is 14.0. The van der Waals surface area contributed by atoms with Crippen molar-refractivity contribution in [3.63, 3.8) is 0 Å². The molecule has 2 rings (SSSR count). The molecule has 0 aliphatic carbocycles. The summed E-state index contributed by atoms with van der Waals surface area (Å²) in [5.41, 5.74) is 0. The first-order valence-corrected chi connectivity index (χ1v) is 7.40. The molecule has 0 aromatic carbocycles. The number of hydrogen-bond donors (Lipinski definition) is 1. The summed E-state index contributed by atoms with van der Waals surface area (Å²) in [7, 11) is 1.72. The molecular weight excluding hydrogens is 246 g/mol. The number of rotatable bonds is 3. The quantitative estimate of drug-likeness (QED) is 0.612. The van der Waals surface area contributed by atoms with Crippen LogP contribution in [0.3, 0.4) is 0 Å². The molecule has 2 aliphatic rings. The summed E-state index contributed by atoms with van der Waals surface area (Å²) < 4.78 is 5.04. The van der Waals surface area contributed by atoms with Gasteiger partial charge in [-0.1, -0.05) is 6.42 Å². The van der Waals surface area contributed by atoms with Crippen LogP contribution in [0.1, 0.15) is 26.2 Å². The highest BCUT2D eigenvalue weighted by atomic mass is 32.1. The van der Waals surface area contributed by atoms with Crippen molar-refractivity contribution in [1.82, 2.24) is 15.1 Å². The van der Waals surface area contributed by atoms with E-state index >= 15 is 0 Å². The smallest absolute Gasteiger partial charge is 0.169 e. The maximum Gasteiger partial charge on any atom is 0.169 e. The number of methoxy groups -OCH3 is 1. The highest BCUT2D eigenvalue weighted by Gasteiger charge is 2.33. The van der Waals surface area contributed by atoms with Gasteiger partial charge in [0.15, 0.2) is 5.11 Å². The van der Waals surface area contributed by atoms with Crippen molar-refractivity contribution in [1.29, 1.82) is 0 Å². The minimum Gasteiger partial charge on any atom is -0.383 e. The van der Waals surface area contributed by atoms with E-state index in [-0.39, 0.29) is 0 Å². The van der Waals surface area contributed by atoms with E-state index in [1.54, 1.807) is 7.11 Å². The summed E-state index contributed by atoms with van der Waals surface area (Å²) in [5.74, 6) is 0. The van der Waals surface area contributed by atoms with Crippen LogP contribution >= 0.6 is 12.2 Å². The third-order valence-electron chi connectivity index (χ3n) is 4.03.